The van der Waals surface area contributed by atoms with E-state index in [0.717, 1.165) is 18.4 Å². The van der Waals surface area contributed by atoms with Crippen LogP contribution in [0.15, 0.2) is 24.3 Å². The largest absolute Gasteiger partial charge is 0.353 e. The molecule has 4 nitrogen and oxygen atoms in total. The van der Waals surface area contributed by atoms with Crippen LogP contribution in [0, 0.1) is 5.82 Å². The van der Waals surface area contributed by atoms with Crippen LogP contribution in [-0.2, 0) is 15.3 Å². The third-order valence-electron chi connectivity index (χ3n) is 3.70. The van der Waals surface area contributed by atoms with Gasteiger partial charge in [-0.3, -0.25) is 9.59 Å². The normalized spacial score (nSPS) is 15.6. The van der Waals surface area contributed by atoms with E-state index in [1.807, 2.05) is 6.07 Å². The number of nitrogens with zero attached hydrogens (tertiary/aromatic N) is 1. The van der Waals surface area contributed by atoms with Crippen LogP contribution in [0.4, 0.5) is 4.39 Å². The average Bonchev–Trinajstić information content (AvgIpc) is 2.48. The molecule has 0 bridgehead atoms. The monoisotopic (exact) mass is 324 g/mol. The molecule has 1 aliphatic rings. The summed E-state index contributed by atoms with van der Waals surface area (Å²) in [4.78, 5) is 24.9. The number of amides is 2. The number of likely N-dealkylation sites (tertiary alicyclic amines) is 1. The predicted molar refractivity (Wildman–Crippen MR) is 86.0 cm³/mol. The summed E-state index contributed by atoms with van der Waals surface area (Å²) in [6, 6.07) is 6.58. The molecule has 0 aromatic heterocycles. The van der Waals surface area contributed by atoms with E-state index in [9.17, 15) is 14.0 Å². The maximum absolute atomic E-state index is 13.0. The number of hydrogen-bond donors (Lipinski definition) is 1. The van der Waals surface area contributed by atoms with Gasteiger partial charge in [0.15, 0.2) is 0 Å². The van der Waals surface area contributed by atoms with E-state index in [1.165, 1.54) is 23.9 Å². The first-order valence-electron chi connectivity index (χ1n) is 7.41. The molecule has 1 N–H and O–H groups in total. The fourth-order valence-electron chi connectivity index (χ4n) is 2.50. The number of thioether (sulfide) groups is 1. The van der Waals surface area contributed by atoms with Gasteiger partial charge in [-0.1, -0.05) is 12.1 Å². The molecule has 0 atom stereocenters. The van der Waals surface area contributed by atoms with E-state index < -0.39 is 0 Å². The molecular weight excluding hydrogens is 303 g/mol. The number of carbonyl (C=O) groups is 2. The van der Waals surface area contributed by atoms with Gasteiger partial charge in [-0.2, -0.15) is 0 Å². The lowest BCUT2D eigenvalue weighted by Gasteiger charge is -2.31. The Morgan fingerprint density at radius 1 is 1.36 bits per heavy atom. The Labute approximate surface area is 134 Å². The quantitative estimate of drug-likeness (QED) is 0.903. The molecule has 1 heterocycles. The van der Waals surface area contributed by atoms with Gasteiger partial charge in [0.25, 0.3) is 0 Å². The third kappa shape index (κ3) is 5.33. The topological polar surface area (TPSA) is 49.4 Å². The molecule has 1 aromatic carbocycles. The summed E-state index contributed by atoms with van der Waals surface area (Å²) in [5.41, 5.74) is 0.882. The number of nitrogens with one attached hydrogen (secondary N) is 1. The van der Waals surface area contributed by atoms with Crippen molar-refractivity contribution in [1.82, 2.24) is 10.2 Å². The summed E-state index contributed by atoms with van der Waals surface area (Å²) >= 11 is 1.47. The van der Waals surface area contributed by atoms with Crippen molar-refractivity contribution in [3.8, 4) is 0 Å². The molecule has 1 aliphatic heterocycles. The molecule has 1 saturated heterocycles. The van der Waals surface area contributed by atoms with Crippen molar-refractivity contribution in [2.24, 2.45) is 0 Å². The summed E-state index contributed by atoms with van der Waals surface area (Å²) in [7, 11) is 0. The van der Waals surface area contributed by atoms with Gasteiger partial charge in [0, 0.05) is 31.8 Å². The molecule has 0 spiro atoms. The van der Waals surface area contributed by atoms with E-state index in [2.05, 4.69) is 5.32 Å². The summed E-state index contributed by atoms with van der Waals surface area (Å²) in [6.45, 7) is 2.98. The molecule has 1 aromatic rings. The van der Waals surface area contributed by atoms with E-state index in [1.54, 1.807) is 17.9 Å². The fourth-order valence-corrected chi connectivity index (χ4v) is 3.28. The van der Waals surface area contributed by atoms with Crippen molar-refractivity contribution < 1.29 is 14.0 Å². The minimum atomic E-state index is -0.250. The van der Waals surface area contributed by atoms with Gasteiger partial charge < -0.3 is 10.2 Å². The van der Waals surface area contributed by atoms with Crippen LogP contribution in [0.5, 0.6) is 0 Å². The van der Waals surface area contributed by atoms with E-state index in [0.29, 0.717) is 24.6 Å². The average molecular weight is 324 g/mol. The maximum Gasteiger partial charge on any atom is 0.230 e. The predicted octanol–water partition coefficient (Wildman–Crippen LogP) is 2.19. The molecule has 2 rings (SSSR count). The highest BCUT2D eigenvalue weighted by Crippen LogP contribution is 2.14. The molecule has 0 aliphatic carbocycles. The summed E-state index contributed by atoms with van der Waals surface area (Å²) in [5, 5.41) is 3.00. The highest BCUT2D eigenvalue weighted by molar-refractivity contribution is 7.99. The second-order valence-corrected chi connectivity index (χ2v) is 6.46. The summed E-state index contributed by atoms with van der Waals surface area (Å²) in [6.07, 6.45) is 1.61. The third-order valence-corrected chi connectivity index (χ3v) is 4.70. The molecule has 2 amide bonds. The van der Waals surface area contributed by atoms with Crippen LogP contribution < -0.4 is 5.32 Å². The van der Waals surface area contributed by atoms with E-state index in [-0.39, 0.29) is 23.7 Å². The molecule has 22 heavy (non-hydrogen) atoms. The van der Waals surface area contributed by atoms with Crippen molar-refractivity contribution in [3.05, 3.63) is 35.6 Å². The highest BCUT2D eigenvalue weighted by atomic mass is 32.2. The van der Waals surface area contributed by atoms with Crippen molar-refractivity contribution in [2.45, 2.75) is 31.6 Å². The van der Waals surface area contributed by atoms with E-state index >= 15 is 0 Å². The fraction of sp³-hybridized carbons (Fsp3) is 0.500. The Balaban J connectivity index is 1.65. The van der Waals surface area contributed by atoms with Gasteiger partial charge in [-0.05, 0) is 30.5 Å². The number of halogens is 1. The lowest BCUT2D eigenvalue weighted by Crippen LogP contribution is -2.46. The van der Waals surface area contributed by atoms with Crippen LogP contribution in [0.1, 0.15) is 25.3 Å². The number of benzene rings is 1. The highest BCUT2D eigenvalue weighted by Gasteiger charge is 2.21. The van der Waals surface area contributed by atoms with Gasteiger partial charge in [0.1, 0.15) is 5.82 Å². The van der Waals surface area contributed by atoms with Crippen molar-refractivity contribution in [1.29, 1.82) is 0 Å². The van der Waals surface area contributed by atoms with Gasteiger partial charge in [0.2, 0.25) is 11.8 Å². The molecule has 0 unspecified atom stereocenters. The minimum absolute atomic E-state index is 0.00248. The molecule has 120 valence electrons. The standard InChI is InChI=1S/C16H21FN2O2S/c1-12(20)19-7-5-15(6-8-19)18-16(21)11-22-10-13-3-2-4-14(17)9-13/h2-4,9,15H,5-8,10-11H2,1H3,(H,18,21). The van der Waals surface area contributed by atoms with Gasteiger partial charge >= 0.3 is 0 Å². The van der Waals surface area contributed by atoms with Gasteiger partial charge in [0.05, 0.1) is 5.75 Å². The number of carbonyl (C=O) groups excluding carboxylic acids is 2. The zero-order chi connectivity index (χ0) is 15.9. The molecule has 0 saturated carbocycles. The van der Waals surface area contributed by atoms with Gasteiger partial charge in [-0.15, -0.1) is 11.8 Å². The minimum Gasteiger partial charge on any atom is -0.353 e. The molecule has 1 fully saturated rings. The van der Waals surface area contributed by atoms with Crippen LogP contribution in [-0.4, -0.2) is 41.6 Å². The Bertz CT molecular complexity index is 531. The van der Waals surface area contributed by atoms with Crippen molar-refractivity contribution in [3.63, 3.8) is 0 Å². The first kappa shape index (κ1) is 16.8. The summed E-state index contributed by atoms with van der Waals surface area (Å²) in [5.74, 6) is 0.829. The Hall–Kier alpha value is -1.56. The Kier molecular flexibility index (Phi) is 6.24. The first-order chi connectivity index (χ1) is 10.5. The Morgan fingerprint density at radius 3 is 2.73 bits per heavy atom. The van der Waals surface area contributed by atoms with Crippen LogP contribution in [0.2, 0.25) is 0 Å². The van der Waals surface area contributed by atoms with Crippen LogP contribution >= 0.6 is 11.8 Å². The second kappa shape index (κ2) is 8.17. The first-order valence-corrected chi connectivity index (χ1v) is 8.57. The van der Waals surface area contributed by atoms with Crippen molar-refractivity contribution >= 4 is 23.6 Å². The van der Waals surface area contributed by atoms with Crippen LogP contribution in [0.25, 0.3) is 0 Å². The summed E-state index contributed by atoms with van der Waals surface area (Å²) < 4.78 is 13.0. The zero-order valence-corrected chi connectivity index (χ0v) is 13.5. The van der Waals surface area contributed by atoms with Gasteiger partial charge in [-0.25, -0.2) is 4.39 Å². The maximum atomic E-state index is 13.0. The Morgan fingerprint density at radius 2 is 2.09 bits per heavy atom. The molecule has 0 radical (unpaired) electrons. The zero-order valence-electron chi connectivity index (χ0n) is 12.7. The molecule has 6 heteroatoms. The van der Waals surface area contributed by atoms with Crippen molar-refractivity contribution in [2.75, 3.05) is 18.8 Å². The SMILES string of the molecule is CC(=O)N1CCC(NC(=O)CSCc2cccc(F)c2)CC1. The number of piperidine rings is 1. The number of rotatable bonds is 5. The van der Waals surface area contributed by atoms with E-state index in [4.69, 9.17) is 0 Å². The second-order valence-electron chi connectivity index (χ2n) is 5.47. The lowest BCUT2D eigenvalue weighted by atomic mass is 10.1. The number of hydrogen-bond acceptors (Lipinski definition) is 3. The lowest BCUT2D eigenvalue weighted by molar-refractivity contribution is -0.130. The van der Waals surface area contributed by atoms with Crippen LogP contribution in [0.3, 0.4) is 0 Å². The smallest absolute Gasteiger partial charge is 0.230 e. The molecular formula is C16H21FN2O2S.